The first-order chi connectivity index (χ1) is 9.96. The van der Waals surface area contributed by atoms with Crippen molar-refractivity contribution in [1.82, 2.24) is 5.32 Å². The number of methoxy groups -OCH3 is 1. The minimum absolute atomic E-state index is 0.384. The van der Waals surface area contributed by atoms with Crippen LogP contribution in [0.25, 0.3) is 10.8 Å². The number of halogens is 3. The van der Waals surface area contributed by atoms with Crippen LogP contribution in [0.2, 0.25) is 0 Å². The van der Waals surface area contributed by atoms with E-state index in [0.29, 0.717) is 16.7 Å². The highest BCUT2D eigenvalue weighted by Crippen LogP contribution is 2.33. The Kier molecular flexibility index (Phi) is 4.34. The van der Waals surface area contributed by atoms with Crippen molar-refractivity contribution in [3.05, 3.63) is 42.0 Å². The zero-order valence-corrected chi connectivity index (χ0v) is 11.2. The summed E-state index contributed by atoms with van der Waals surface area (Å²) in [6.45, 7) is -1.24. The number of nitrogens with one attached hydrogen (secondary N) is 1. The zero-order valence-electron chi connectivity index (χ0n) is 11.2. The van der Waals surface area contributed by atoms with Crippen LogP contribution in [-0.4, -0.2) is 19.8 Å². The first kappa shape index (κ1) is 15.1. The van der Waals surface area contributed by atoms with Crippen molar-refractivity contribution in [2.45, 2.75) is 12.2 Å². The lowest BCUT2D eigenvalue weighted by atomic mass is 9.98. The molecule has 21 heavy (non-hydrogen) atoms. The van der Waals surface area contributed by atoms with E-state index in [9.17, 15) is 18.4 Å². The Bertz CT molecular complexity index is 677. The SMILES string of the molecule is COc1ccc2ccccc2c1C(C#N)NCC(F)(F)F. The van der Waals surface area contributed by atoms with Crippen molar-refractivity contribution in [2.75, 3.05) is 13.7 Å². The monoisotopic (exact) mass is 294 g/mol. The number of fused-ring (bicyclic) bond motifs is 1. The largest absolute Gasteiger partial charge is 0.496 e. The molecule has 0 fully saturated rings. The molecule has 0 aliphatic rings. The average molecular weight is 294 g/mol. The summed E-state index contributed by atoms with van der Waals surface area (Å²) in [6.07, 6.45) is -4.38. The number of rotatable bonds is 4. The molecule has 6 heteroatoms. The Morgan fingerprint density at radius 2 is 1.95 bits per heavy atom. The molecule has 0 aliphatic heterocycles. The van der Waals surface area contributed by atoms with Gasteiger partial charge in [-0.2, -0.15) is 18.4 Å². The van der Waals surface area contributed by atoms with Crippen molar-refractivity contribution in [1.29, 1.82) is 5.26 Å². The van der Waals surface area contributed by atoms with Gasteiger partial charge in [0.1, 0.15) is 11.8 Å². The molecule has 0 saturated heterocycles. The Hall–Kier alpha value is -2.26. The van der Waals surface area contributed by atoms with Gasteiger partial charge in [-0.3, -0.25) is 5.32 Å². The number of ether oxygens (including phenoxy) is 1. The molecule has 2 aromatic carbocycles. The van der Waals surface area contributed by atoms with E-state index in [0.717, 1.165) is 5.39 Å². The Balaban J connectivity index is 2.49. The van der Waals surface area contributed by atoms with Gasteiger partial charge < -0.3 is 4.74 Å². The van der Waals surface area contributed by atoms with Gasteiger partial charge in [-0.1, -0.05) is 30.3 Å². The van der Waals surface area contributed by atoms with Crippen molar-refractivity contribution in [3.63, 3.8) is 0 Å². The lowest BCUT2D eigenvalue weighted by Crippen LogP contribution is -2.31. The van der Waals surface area contributed by atoms with Crippen molar-refractivity contribution in [3.8, 4) is 11.8 Å². The average Bonchev–Trinajstić information content (AvgIpc) is 2.46. The van der Waals surface area contributed by atoms with E-state index in [2.05, 4.69) is 5.32 Å². The van der Waals surface area contributed by atoms with E-state index in [4.69, 9.17) is 4.74 Å². The van der Waals surface area contributed by atoms with Crippen LogP contribution in [-0.2, 0) is 0 Å². The molecule has 0 aromatic heterocycles. The molecule has 1 N–H and O–H groups in total. The molecular formula is C15H13F3N2O. The van der Waals surface area contributed by atoms with Gasteiger partial charge in [0.05, 0.1) is 19.7 Å². The summed E-state index contributed by atoms with van der Waals surface area (Å²) < 4.78 is 42.3. The van der Waals surface area contributed by atoms with Crippen LogP contribution in [0.3, 0.4) is 0 Å². The van der Waals surface area contributed by atoms with Crippen LogP contribution in [0.15, 0.2) is 36.4 Å². The molecule has 2 aromatic rings. The number of benzene rings is 2. The molecule has 0 bridgehead atoms. The van der Waals surface area contributed by atoms with Crippen LogP contribution < -0.4 is 10.1 Å². The van der Waals surface area contributed by atoms with Gasteiger partial charge in [0.2, 0.25) is 0 Å². The van der Waals surface area contributed by atoms with E-state index in [1.807, 2.05) is 18.2 Å². The predicted octanol–water partition coefficient (Wildman–Crippen LogP) is 3.56. The maximum absolute atomic E-state index is 12.4. The van der Waals surface area contributed by atoms with Crippen LogP contribution in [0.5, 0.6) is 5.75 Å². The molecule has 2 rings (SSSR count). The summed E-state index contributed by atoms with van der Waals surface area (Å²) >= 11 is 0. The minimum atomic E-state index is -4.38. The van der Waals surface area contributed by atoms with Gasteiger partial charge >= 0.3 is 6.18 Å². The molecule has 0 radical (unpaired) electrons. The fourth-order valence-electron chi connectivity index (χ4n) is 2.18. The van der Waals surface area contributed by atoms with Gasteiger partial charge in [-0.15, -0.1) is 0 Å². The summed E-state index contributed by atoms with van der Waals surface area (Å²) in [5, 5.41) is 13.0. The van der Waals surface area contributed by atoms with E-state index in [-0.39, 0.29) is 0 Å². The Labute approximate surface area is 119 Å². The summed E-state index contributed by atoms with van der Waals surface area (Å²) in [4.78, 5) is 0. The second-order valence-electron chi connectivity index (χ2n) is 4.46. The number of nitriles is 1. The van der Waals surface area contributed by atoms with Gasteiger partial charge in [0.15, 0.2) is 0 Å². The minimum Gasteiger partial charge on any atom is -0.496 e. The number of alkyl halides is 3. The smallest absolute Gasteiger partial charge is 0.401 e. The lowest BCUT2D eigenvalue weighted by molar-refractivity contribution is -0.125. The fourth-order valence-corrected chi connectivity index (χ4v) is 2.18. The number of hydrogen-bond acceptors (Lipinski definition) is 3. The van der Waals surface area contributed by atoms with E-state index >= 15 is 0 Å². The van der Waals surface area contributed by atoms with Gasteiger partial charge in [-0.25, -0.2) is 0 Å². The van der Waals surface area contributed by atoms with E-state index in [1.165, 1.54) is 7.11 Å². The molecule has 110 valence electrons. The van der Waals surface area contributed by atoms with Crippen LogP contribution in [0.4, 0.5) is 13.2 Å². The normalized spacial score (nSPS) is 12.9. The molecular weight excluding hydrogens is 281 g/mol. The van der Waals surface area contributed by atoms with Crippen molar-refractivity contribution in [2.24, 2.45) is 0 Å². The number of hydrogen-bond donors (Lipinski definition) is 1. The maximum atomic E-state index is 12.4. The van der Waals surface area contributed by atoms with Crippen LogP contribution in [0, 0.1) is 11.3 Å². The third kappa shape index (κ3) is 3.44. The van der Waals surface area contributed by atoms with Gasteiger partial charge in [-0.05, 0) is 16.8 Å². The maximum Gasteiger partial charge on any atom is 0.401 e. The quantitative estimate of drug-likeness (QED) is 0.937. The molecule has 3 nitrogen and oxygen atoms in total. The summed E-state index contributed by atoms with van der Waals surface area (Å²) in [6, 6.07) is 11.4. The number of nitrogens with zero attached hydrogens (tertiary/aromatic N) is 1. The molecule has 0 heterocycles. The highest BCUT2D eigenvalue weighted by molar-refractivity contribution is 5.88. The van der Waals surface area contributed by atoms with Gasteiger partial charge in [0.25, 0.3) is 0 Å². The molecule has 0 amide bonds. The second kappa shape index (κ2) is 6.02. The summed E-state index contributed by atoms with van der Waals surface area (Å²) in [5.74, 6) is 0.384. The van der Waals surface area contributed by atoms with E-state index < -0.39 is 18.8 Å². The van der Waals surface area contributed by atoms with Crippen molar-refractivity contribution < 1.29 is 17.9 Å². The van der Waals surface area contributed by atoms with Crippen LogP contribution >= 0.6 is 0 Å². The first-order valence-corrected chi connectivity index (χ1v) is 6.21. The topological polar surface area (TPSA) is 45.0 Å². The molecule has 1 unspecified atom stereocenters. The Morgan fingerprint density at radius 1 is 1.24 bits per heavy atom. The standard InChI is InChI=1S/C15H13F3N2O/c1-21-13-7-6-10-4-2-3-5-11(10)14(13)12(8-19)20-9-15(16,17)18/h2-7,12,20H,9H2,1H3. The third-order valence-electron chi connectivity index (χ3n) is 3.08. The van der Waals surface area contributed by atoms with Gasteiger partial charge in [0, 0.05) is 5.56 Å². The lowest BCUT2D eigenvalue weighted by Gasteiger charge is -2.18. The highest BCUT2D eigenvalue weighted by Gasteiger charge is 2.29. The van der Waals surface area contributed by atoms with E-state index in [1.54, 1.807) is 24.3 Å². The first-order valence-electron chi connectivity index (χ1n) is 6.21. The molecule has 0 spiro atoms. The summed E-state index contributed by atoms with van der Waals surface area (Å²) in [5.41, 5.74) is 0.419. The zero-order chi connectivity index (χ0) is 15.5. The highest BCUT2D eigenvalue weighted by atomic mass is 19.4. The molecule has 0 aliphatic carbocycles. The second-order valence-corrected chi connectivity index (χ2v) is 4.46. The predicted molar refractivity (Wildman–Crippen MR) is 72.9 cm³/mol. The van der Waals surface area contributed by atoms with Crippen LogP contribution in [0.1, 0.15) is 11.6 Å². The summed E-state index contributed by atoms with van der Waals surface area (Å²) in [7, 11) is 1.42. The third-order valence-corrected chi connectivity index (χ3v) is 3.08. The Morgan fingerprint density at radius 3 is 2.57 bits per heavy atom. The molecule has 1 atom stereocenters. The van der Waals surface area contributed by atoms with Crippen molar-refractivity contribution >= 4 is 10.8 Å². The fraction of sp³-hybridized carbons (Fsp3) is 0.267. The molecule has 0 saturated carbocycles.